The molecule has 0 saturated heterocycles. The van der Waals surface area contributed by atoms with Gasteiger partial charge in [0, 0.05) is 31.0 Å². The average molecular weight is 421 g/mol. The fourth-order valence-corrected chi connectivity index (χ4v) is 4.87. The van der Waals surface area contributed by atoms with Crippen LogP contribution in [0.25, 0.3) is 20.2 Å². The first kappa shape index (κ1) is 19.4. The third-order valence-electron chi connectivity index (χ3n) is 4.43. The Morgan fingerprint density at radius 2 is 1.72 bits per heavy atom. The van der Waals surface area contributed by atoms with Crippen LogP contribution in [0.5, 0.6) is 0 Å². The molecule has 0 atom stereocenters. The first-order valence-corrected chi connectivity index (χ1v) is 10.8. The molecule has 0 spiro atoms. The van der Waals surface area contributed by atoms with Gasteiger partial charge in [-0.15, -0.1) is 23.1 Å². The topological polar surface area (TPSA) is 60.4 Å². The molecule has 6 heteroatoms. The van der Waals surface area contributed by atoms with E-state index in [-0.39, 0.29) is 12.0 Å². The zero-order valence-corrected chi connectivity index (χ0v) is 16.9. The molecule has 144 valence electrons. The Morgan fingerprint density at radius 1 is 0.966 bits per heavy atom. The minimum atomic E-state index is -0.493. The van der Waals surface area contributed by atoms with Gasteiger partial charge in [-0.3, -0.25) is 9.59 Å². The van der Waals surface area contributed by atoms with E-state index in [9.17, 15) is 14.4 Å². The summed E-state index contributed by atoms with van der Waals surface area (Å²) in [6.45, 7) is 0.223. The standard InChI is InChI=1S/C23H16O4S2/c24-14-15-8-10-16(11-9-15)28-13-12-27-23(26)18-5-3-7-20-21(18)22(25)17-4-1-2-6-19(17)29-20/h1-11,14H,12-13H2. The third-order valence-corrected chi connectivity index (χ3v) is 6.54. The van der Waals surface area contributed by atoms with Crippen molar-refractivity contribution < 1.29 is 14.3 Å². The van der Waals surface area contributed by atoms with Crippen molar-refractivity contribution >= 4 is 55.5 Å². The summed E-state index contributed by atoms with van der Waals surface area (Å²) in [6, 6.07) is 19.9. The molecule has 4 nitrogen and oxygen atoms in total. The van der Waals surface area contributed by atoms with Crippen molar-refractivity contribution in [3.8, 4) is 0 Å². The largest absolute Gasteiger partial charge is 0.461 e. The van der Waals surface area contributed by atoms with Crippen molar-refractivity contribution in [1.82, 2.24) is 0 Å². The number of carbonyl (C=O) groups excluding carboxylic acids is 2. The summed E-state index contributed by atoms with van der Waals surface area (Å²) in [5.74, 6) is 0.0827. The second kappa shape index (κ2) is 8.59. The lowest BCUT2D eigenvalue weighted by Crippen LogP contribution is -2.12. The molecule has 0 saturated carbocycles. The minimum absolute atomic E-state index is 0.147. The molecule has 0 N–H and O–H groups in total. The van der Waals surface area contributed by atoms with Gasteiger partial charge < -0.3 is 4.74 Å². The number of fused-ring (bicyclic) bond motifs is 2. The van der Waals surface area contributed by atoms with Gasteiger partial charge in [0.1, 0.15) is 12.9 Å². The number of benzene rings is 3. The van der Waals surface area contributed by atoms with Gasteiger partial charge in [0.25, 0.3) is 0 Å². The number of rotatable bonds is 6. The lowest BCUT2D eigenvalue weighted by molar-refractivity contribution is 0.0532. The van der Waals surface area contributed by atoms with E-state index in [1.54, 1.807) is 30.3 Å². The summed E-state index contributed by atoms with van der Waals surface area (Å²) in [6.07, 6.45) is 0.800. The maximum atomic E-state index is 13.0. The number of hydrogen-bond acceptors (Lipinski definition) is 6. The predicted molar refractivity (Wildman–Crippen MR) is 118 cm³/mol. The summed E-state index contributed by atoms with van der Waals surface area (Å²) >= 11 is 3.02. The van der Waals surface area contributed by atoms with E-state index < -0.39 is 5.97 Å². The monoisotopic (exact) mass is 420 g/mol. The highest BCUT2D eigenvalue weighted by Crippen LogP contribution is 2.27. The van der Waals surface area contributed by atoms with Crippen LogP contribution in [-0.4, -0.2) is 24.6 Å². The van der Waals surface area contributed by atoms with Gasteiger partial charge in [0.15, 0.2) is 5.43 Å². The van der Waals surface area contributed by atoms with E-state index in [1.165, 1.54) is 23.1 Å². The molecular weight excluding hydrogens is 404 g/mol. The van der Waals surface area contributed by atoms with Crippen molar-refractivity contribution in [3.05, 3.63) is 88.1 Å². The summed E-state index contributed by atoms with van der Waals surface area (Å²) in [7, 11) is 0. The van der Waals surface area contributed by atoms with Crippen molar-refractivity contribution in [1.29, 1.82) is 0 Å². The van der Waals surface area contributed by atoms with E-state index in [1.807, 2.05) is 36.4 Å². The summed E-state index contributed by atoms with van der Waals surface area (Å²) in [4.78, 5) is 37.3. The highest BCUT2D eigenvalue weighted by molar-refractivity contribution is 7.99. The van der Waals surface area contributed by atoms with Crippen LogP contribution in [0.1, 0.15) is 20.7 Å². The minimum Gasteiger partial charge on any atom is -0.461 e. The van der Waals surface area contributed by atoms with E-state index in [0.717, 1.165) is 20.6 Å². The van der Waals surface area contributed by atoms with Gasteiger partial charge in [-0.2, -0.15) is 0 Å². The number of ether oxygens (including phenoxy) is 1. The summed E-state index contributed by atoms with van der Waals surface area (Å²) in [5.41, 5.74) is 0.778. The molecule has 0 amide bonds. The lowest BCUT2D eigenvalue weighted by atomic mass is 10.1. The molecule has 1 heterocycles. The molecule has 3 aromatic carbocycles. The van der Waals surface area contributed by atoms with Crippen molar-refractivity contribution in [2.75, 3.05) is 12.4 Å². The van der Waals surface area contributed by atoms with E-state index >= 15 is 0 Å². The maximum Gasteiger partial charge on any atom is 0.338 e. The van der Waals surface area contributed by atoms with Crippen molar-refractivity contribution in [3.63, 3.8) is 0 Å². The Morgan fingerprint density at radius 3 is 2.52 bits per heavy atom. The second-order valence-corrected chi connectivity index (χ2v) is 8.53. The zero-order valence-electron chi connectivity index (χ0n) is 15.3. The van der Waals surface area contributed by atoms with Gasteiger partial charge in [0.2, 0.25) is 0 Å². The Balaban J connectivity index is 1.50. The van der Waals surface area contributed by atoms with Crippen LogP contribution < -0.4 is 5.43 Å². The Hall–Kier alpha value is -2.96. The number of carbonyl (C=O) groups is 2. The van der Waals surface area contributed by atoms with Crippen LogP contribution in [-0.2, 0) is 4.74 Å². The number of esters is 1. The highest BCUT2D eigenvalue weighted by atomic mass is 32.2. The molecule has 1 aromatic heterocycles. The van der Waals surface area contributed by atoms with Gasteiger partial charge in [0.05, 0.1) is 10.9 Å². The second-order valence-electron chi connectivity index (χ2n) is 6.28. The SMILES string of the molecule is O=Cc1ccc(SCCOC(=O)c2cccc3sc4ccccc4c(=O)c23)cc1. The van der Waals surface area contributed by atoms with E-state index in [0.29, 0.717) is 27.7 Å². The van der Waals surface area contributed by atoms with E-state index in [2.05, 4.69) is 0 Å². The molecule has 0 aliphatic carbocycles. The molecule has 0 fully saturated rings. The molecule has 0 bridgehead atoms. The van der Waals surface area contributed by atoms with Gasteiger partial charge in [-0.1, -0.05) is 30.3 Å². The van der Waals surface area contributed by atoms with Crippen LogP contribution in [0, 0.1) is 0 Å². The quantitative estimate of drug-likeness (QED) is 0.141. The molecule has 0 aliphatic heterocycles. The smallest absolute Gasteiger partial charge is 0.338 e. The summed E-state index contributed by atoms with van der Waals surface area (Å²) < 4.78 is 7.09. The predicted octanol–water partition coefficient (Wildman–Crippen LogP) is 5.18. The number of thioether (sulfide) groups is 1. The van der Waals surface area contributed by atoms with Crippen LogP contribution in [0.15, 0.2) is 76.4 Å². The molecule has 4 rings (SSSR count). The molecule has 0 aliphatic rings. The van der Waals surface area contributed by atoms with Gasteiger partial charge in [-0.25, -0.2) is 4.79 Å². The van der Waals surface area contributed by atoms with Crippen LogP contribution in [0.3, 0.4) is 0 Å². The Kier molecular flexibility index (Phi) is 5.74. The van der Waals surface area contributed by atoms with Crippen LogP contribution >= 0.6 is 23.1 Å². The first-order valence-electron chi connectivity index (χ1n) is 8.97. The van der Waals surface area contributed by atoms with Gasteiger partial charge >= 0.3 is 5.97 Å². The fourth-order valence-electron chi connectivity index (χ4n) is 3.03. The highest BCUT2D eigenvalue weighted by Gasteiger charge is 2.16. The molecule has 4 aromatic rings. The zero-order chi connectivity index (χ0) is 20.2. The summed E-state index contributed by atoms with van der Waals surface area (Å²) in [5, 5.41) is 1.03. The third kappa shape index (κ3) is 4.09. The first-order chi connectivity index (χ1) is 14.2. The molecule has 0 unspecified atom stereocenters. The Bertz CT molecular complexity index is 1260. The van der Waals surface area contributed by atoms with Gasteiger partial charge in [-0.05, 0) is 36.4 Å². The van der Waals surface area contributed by atoms with Crippen molar-refractivity contribution in [2.24, 2.45) is 0 Å². The number of hydrogen-bond donors (Lipinski definition) is 0. The Labute approximate surface area is 175 Å². The average Bonchev–Trinajstić information content (AvgIpc) is 2.76. The molecular formula is C23H16O4S2. The number of aldehydes is 1. The maximum absolute atomic E-state index is 13.0. The molecule has 0 radical (unpaired) electrons. The lowest BCUT2D eigenvalue weighted by Gasteiger charge is -2.08. The van der Waals surface area contributed by atoms with Crippen LogP contribution in [0.4, 0.5) is 0 Å². The van der Waals surface area contributed by atoms with E-state index in [4.69, 9.17) is 4.74 Å². The van der Waals surface area contributed by atoms with Crippen LogP contribution in [0.2, 0.25) is 0 Å². The molecule has 29 heavy (non-hydrogen) atoms. The van der Waals surface area contributed by atoms with Crippen molar-refractivity contribution in [2.45, 2.75) is 4.90 Å². The fraction of sp³-hybridized carbons (Fsp3) is 0.0870. The normalized spacial score (nSPS) is 10.9.